The van der Waals surface area contributed by atoms with Gasteiger partial charge >= 0.3 is 5.97 Å². The number of para-hydroxylation sites is 1. The van der Waals surface area contributed by atoms with Crippen molar-refractivity contribution >= 4 is 11.9 Å². The topological polar surface area (TPSA) is 70.1 Å². The Morgan fingerprint density at radius 3 is 2.77 bits per heavy atom. The molecule has 0 saturated carbocycles. The molecule has 142 valence electrons. The van der Waals surface area contributed by atoms with E-state index in [1.807, 2.05) is 36.2 Å². The molecule has 2 saturated heterocycles. The second-order valence-electron chi connectivity index (χ2n) is 7.46. The lowest BCUT2D eigenvalue weighted by atomic mass is 9.68. The Hall–Kier alpha value is -2.08. The first-order valence-corrected chi connectivity index (χ1v) is 9.31. The van der Waals surface area contributed by atoms with Crippen LogP contribution in [-0.4, -0.2) is 66.6 Å². The van der Waals surface area contributed by atoms with Gasteiger partial charge in [0.05, 0.1) is 12.5 Å². The molecule has 0 radical (unpaired) electrons. The van der Waals surface area contributed by atoms with Gasteiger partial charge in [-0.3, -0.25) is 9.59 Å². The lowest BCUT2D eigenvalue weighted by Gasteiger charge is -2.51. The van der Waals surface area contributed by atoms with Crippen LogP contribution in [0.2, 0.25) is 0 Å². The predicted molar refractivity (Wildman–Crippen MR) is 98.2 cm³/mol. The number of carboxylic acids is 1. The molecule has 2 fully saturated rings. The highest BCUT2D eigenvalue weighted by molar-refractivity contribution is 5.79. The zero-order valence-corrected chi connectivity index (χ0v) is 15.6. The van der Waals surface area contributed by atoms with E-state index in [4.69, 9.17) is 4.74 Å². The van der Waals surface area contributed by atoms with Crippen molar-refractivity contribution in [3.63, 3.8) is 0 Å². The molecular formula is C20H28N2O4. The van der Waals surface area contributed by atoms with Crippen molar-refractivity contribution < 1.29 is 19.4 Å². The number of aliphatic carboxylic acids is 1. The number of nitrogens with zero attached hydrogens (tertiary/aromatic N) is 2. The largest absolute Gasteiger partial charge is 0.496 e. The number of hydrogen-bond acceptors (Lipinski definition) is 4. The molecular weight excluding hydrogens is 332 g/mol. The molecule has 1 aromatic carbocycles. The standard InChI is InChI=1S/C20H28N2O4/c1-21-12-5-10-20(19(24)25)11-13-22(14-17(20)21)18(23)9-8-15-6-3-4-7-16(15)26-2/h3-4,6-7,17H,5,8-14H2,1-2H3,(H,24,25)/t17-,20+/m1/s1. The number of aryl methyl sites for hydroxylation is 1. The average Bonchev–Trinajstić information content (AvgIpc) is 2.66. The van der Waals surface area contributed by atoms with Crippen LogP contribution in [-0.2, 0) is 16.0 Å². The van der Waals surface area contributed by atoms with Gasteiger partial charge in [0.25, 0.3) is 0 Å². The number of likely N-dealkylation sites (tertiary alicyclic amines) is 2. The lowest BCUT2D eigenvalue weighted by Crippen LogP contribution is -2.63. The third-order valence-electron chi connectivity index (χ3n) is 6.10. The van der Waals surface area contributed by atoms with E-state index in [2.05, 4.69) is 4.90 Å². The second kappa shape index (κ2) is 7.66. The molecule has 0 bridgehead atoms. The van der Waals surface area contributed by atoms with Crippen LogP contribution in [0.1, 0.15) is 31.2 Å². The van der Waals surface area contributed by atoms with Crippen LogP contribution in [0, 0.1) is 5.41 Å². The molecule has 3 rings (SSSR count). The summed E-state index contributed by atoms with van der Waals surface area (Å²) in [5.74, 6) is 0.180. The zero-order chi connectivity index (χ0) is 18.7. The number of benzene rings is 1. The summed E-state index contributed by atoms with van der Waals surface area (Å²) >= 11 is 0. The number of piperidine rings is 2. The minimum Gasteiger partial charge on any atom is -0.496 e. The Morgan fingerprint density at radius 2 is 2.04 bits per heavy atom. The third kappa shape index (κ3) is 3.43. The summed E-state index contributed by atoms with van der Waals surface area (Å²) in [5.41, 5.74) is 0.321. The molecule has 2 aliphatic rings. The summed E-state index contributed by atoms with van der Waals surface area (Å²) in [6.07, 6.45) is 3.19. The number of hydrogen-bond donors (Lipinski definition) is 1. The number of ether oxygens (including phenoxy) is 1. The van der Waals surface area contributed by atoms with Gasteiger partial charge in [0.15, 0.2) is 0 Å². The van der Waals surface area contributed by atoms with Crippen LogP contribution in [0.25, 0.3) is 0 Å². The molecule has 1 aromatic rings. The Balaban J connectivity index is 1.65. The highest BCUT2D eigenvalue weighted by Crippen LogP contribution is 2.42. The van der Waals surface area contributed by atoms with Crippen LogP contribution in [0.4, 0.5) is 0 Å². The van der Waals surface area contributed by atoms with Gasteiger partial charge in [-0.05, 0) is 50.9 Å². The highest BCUT2D eigenvalue weighted by atomic mass is 16.5. The van der Waals surface area contributed by atoms with Gasteiger partial charge < -0.3 is 19.6 Å². The Bertz CT molecular complexity index is 678. The summed E-state index contributed by atoms with van der Waals surface area (Å²) in [7, 11) is 3.61. The van der Waals surface area contributed by atoms with Crippen LogP contribution >= 0.6 is 0 Å². The van der Waals surface area contributed by atoms with E-state index in [1.54, 1.807) is 7.11 Å². The summed E-state index contributed by atoms with van der Waals surface area (Å²) in [6.45, 7) is 1.93. The second-order valence-corrected chi connectivity index (χ2v) is 7.46. The van der Waals surface area contributed by atoms with Crippen LogP contribution in [0.15, 0.2) is 24.3 Å². The molecule has 2 heterocycles. The number of rotatable bonds is 5. The van der Waals surface area contributed by atoms with Crippen molar-refractivity contribution in [2.75, 3.05) is 33.8 Å². The van der Waals surface area contributed by atoms with Crippen molar-refractivity contribution in [2.24, 2.45) is 5.41 Å². The minimum absolute atomic E-state index is 0.0915. The molecule has 2 atom stereocenters. The summed E-state index contributed by atoms with van der Waals surface area (Å²) in [5, 5.41) is 9.83. The molecule has 6 nitrogen and oxygen atoms in total. The fourth-order valence-corrected chi connectivity index (χ4v) is 4.52. The molecule has 6 heteroatoms. The zero-order valence-electron chi connectivity index (χ0n) is 15.6. The number of amides is 1. The number of carbonyl (C=O) groups is 2. The maximum absolute atomic E-state index is 12.7. The number of fused-ring (bicyclic) bond motifs is 1. The van der Waals surface area contributed by atoms with Crippen molar-refractivity contribution in [2.45, 2.75) is 38.1 Å². The highest BCUT2D eigenvalue weighted by Gasteiger charge is 2.52. The molecule has 0 aromatic heterocycles. The van der Waals surface area contributed by atoms with E-state index in [9.17, 15) is 14.7 Å². The smallest absolute Gasteiger partial charge is 0.311 e. The van der Waals surface area contributed by atoms with Crippen molar-refractivity contribution in [1.29, 1.82) is 0 Å². The lowest BCUT2D eigenvalue weighted by molar-refractivity contribution is -0.165. The van der Waals surface area contributed by atoms with Gasteiger partial charge in [-0.1, -0.05) is 18.2 Å². The molecule has 2 aliphatic heterocycles. The van der Waals surface area contributed by atoms with Crippen molar-refractivity contribution in [3.8, 4) is 5.75 Å². The molecule has 0 aliphatic carbocycles. The summed E-state index contributed by atoms with van der Waals surface area (Å²) < 4.78 is 5.35. The SMILES string of the molecule is COc1ccccc1CCC(=O)N1CC[C@@]2(C(=O)O)CCCN(C)[C@@H]2C1. The third-order valence-corrected chi connectivity index (χ3v) is 6.10. The first-order valence-electron chi connectivity index (χ1n) is 9.31. The fraction of sp³-hybridized carbons (Fsp3) is 0.600. The molecule has 26 heavy (non-hydrogen) atoms. The number of carboxylic acid groups (broad SMARTS) is 1. The number of carbonyl (C=O) groups excluding carboxylic acids is 1. The van der Waals surface area contributed by atoms with Gasteiger partial charge in [0, 0.05) is 25.6 Å². The maximum Gasteiger partial charge on any atom is 0.311 e. The molecule has 1 N–H and O–H groups in total. The first-order chi connectivity index (χ1) is 12.5. The quantitative estimate of drug-likeness (QED) is 0.870. The van der Waals surface area contributed by atoms with E-state index in [0.717, 1.165) is 24.3 Å². The summed E-state index contributed by atoms with van der Waals surface area (Å²) in [6, 6.07) is 7.64. The first kappa shape index (κ1) is 18.7. The van der Waals surface area contributed by atoms with E-state index in [-0.39, 0.29) is 11.9 Å². The van der Waals surface area contributed by atoms with Crippen LogP contribution in [0.5, 0.6) is 5.75 Å². The van der Waals surface area contributed by atoms with Gasteiger partial charge in [-0.2, -0.15) is 0 Å². The van der Waals surface area contributed by atoms with E-state index in [1.165, 1.54) is 0 Å². The van der Waals surface area contributed by atoms with Crippen LogP contribution < -0.4 is 4.74 Å². The van der Waals surface area contributed by atoms with E-state index < -0.39 is 11.4 Å². The fourth-order valence-electron chi connectivity index (χ4n) is 4.52. The Morgan fingerprint density at radius 1 is 1.27 bits per heavy atom. The van der Waals surface area contributed by atoms with E-state index in [0.29, 0.717) is 38.8 Å². The maximum atomic E-state index is 12.7. The van der Waals surface area contributed by atoms with Gasteiger partial charge in [-0.25, -0.2) is 0 Å². The number of likely N-dealkylation sites (N-methyl/N-ethyl adjacent to an activating group) is 1. The Kier molecular flexibility index (Phi) is 5.51. The Labute approximate surface area is 154 Å². The van der Waals surface area contributed by atoms with Gasteiger partial charge in [-0.15, -0.1) is 0 Å². The van der Waals surface area contributed by atoms with Crippen molar-refractivity contribution in [1.82, 2.24) is 9.80 Å². The minimum atomic E-state index is -0.713. The van der Waals surface area contributed by atoms with Crippen LogP contribution in [0.3, 0.4) is 0 Å². The molecule has 0 unspecified atom stereocenters. The normalized spacial score (nSPS) is 26.2. The molecule has 1 amide bonds. The monoisotopic (exact) mass is 360 g/mol. The average molecular weight is 360 g/mol. The summed E-state index contributed by atoms with van der Waals surface area (Å²) in [4.78, 5) is 28.7. The van der Waals surface area contributed by atoms with Gasteiger partial charge in [0.2, 0.25) is 5.91 Å². The van der Waals surface area contributed by atoms with Crippen molar-refractivity contribution in [3.05, 3.63) is 29.8 Å². The number of methoxy groups -OCH3 is 1. The predicted octanol–water partition coefficient (Wildman–Crippen LogP) is 2.03. The van der Waals surface area contributed by atoms with Gasteiger partial charge in [0.1, 0.15) is 5.75 Å². The molecule has 0 spiro atoms. The van der Waals surface area contributed by atoms with E-state index >= 15 is 0 Å².